The van der Waals surface area contributed by atoms with Crippen molar-refractivity contribution in [1.82, 2.24) is 4.90 Å². The Morgan fingerprint density at radius 1 is 1.65 bits per heavy atom. The minimum Gasteiger partial charge on any atom is -0.339 e. The first kappa shape index (κ1) is 14.7. The maximum Gasteiger partial charge on any atom is 0.239 e. The van der Waals surface area contributed by atoms with Crippen molar-refractivity contribution in [3.8, 4) is 0 Å². The van der Waals surface area contributed by atoms with E-state index < -0.39 is 6.04 Å². The van der Waals surface area contributed by atoms with Gasteiger partial charge in [-0.2, -0.15) is 0 Å². The van der Waals surface area contributed by atoms with Crippen molar-refractivity contribution in [2.75, 3.05) is 7.05 Å². The highest BCUT2D eigenvalue weighted by Crippen LogP contribution is 2.21. The monoisotopic (exact) mass is 318 g/mol. The van der Waals surface area contributed by atoms with E-state index in [0.29, 0.717) is 6.54 Å². The molecule has 1 unspecified atom stereocenters. The van der Waals surface area contributed by atoms with Crippen molar-refractivity contribution < 1.29 is 4.79 Å². The summed E-state index contributed by atoms with van der Waals surface area (Å²) in [6.45, 7) is 4.69. The fraction of sp³-hybridized carbons (Fsp3) is 0.583. The van der Waals surface area contributed by atoms with Gasteiger partial charge in [0.25, 0.3) is 0 Å². The van der Waals surface area contributed by atoms with Crippen LogP contribution in [0.4, 0.5) is 0 Å². The number of thiophene rings is 1. The topological polar surface area (TPSA) is 46.3 Å². The zero-order valence-corrected chi connectivity index (χ0v) is 12.8. The summed E-state index contributed by atoms with van der Waals surface area (Å²) in [6, 6.07) is 1.64. The van der Waals surface area contributed by atoms with E-state index in [1.165, 1.54) is 0 Å². The van der Waals surface area contributed by atoms with Gasteiger partial charge in [0.15, 0.2) is 0 Å². The molecule has 1 aromatic heterocycles. The van der Waals surface area contributed by atoms with Gasteiger partial charge in [0.2, 0.25) is 5.91 Å². The van der Waals surface area contributed by atoms with E-state index in [9.17, 15) is 4.79 Å². The Balaban J connectivity index is 2.58. The lowest BCUT2D eigenvalue weighted by Gasteiger charge is -2.24. The Kier molecular flexibility index (Phi) is 5.62. The highest BCUT2D eigenvalue weighted by molar-refractivity contribution is 9.10. The van der Waals surface area contributed by atoms with Crippen LogP contribution in [0.15, 0.2) is 15.9 Å². The van der Waals surface area contributed by atoms with E-state index in [2.05, 4.69) is 15.9 Å². The van der Waals surface area contributed by atoms with Crippen molar-refractivity contribution in [2.45, 2.75) is 32.9 Å². The molecule has 0 aliphatic rings. The predicted molar refractivity (Wildman–Crippen MR) is 75.9 cm³/mol. The molecular formula is C12H19BrN2OS. The lowest BCUT2D eigenvalue weighted by Crippen LogP contribution is -2.45. The minimum atomic E-state index is -0.395. The standard InChI is InChI=1S/C12H19BrN2OS/c1-4-8(2)11(14)12(16)15(3)6-10-5-9(13)7-17-10/h5,7-8,11H,4,6,14H2,1-3H3/t8?,11-/m0/s1. The molecule has 0 aliphatic carbocycles. The summed E-state index contributed by atoms with van der Waals surface area (Å²) >= 11 is 5.04. The fourth-order valence-electron chi connectivity index (χ4n) is 1.50. The van der Waals surface area contributed by atoms with Crippen LogP contribution in [0.2, 0.25) is 0 Å². The van der Waals surface area contributed by atoms with Gasteiger partial charge in [0.05, 0.1) is 12.6 Å². The maximum absolute atomic E-state index is 12.0. The first-order valence-electron chi connectivity index (χ1n) is 5.69. The van der Waals surface area contributed by atoms with Gasteiger partial charge in [-0.05, 0) is 27.9 Å². The van der Waals surface area contributed by atoms with Crippen LogP contribution in [-0.4, -0.2) is 23.9 Å². The molecule has 1 aromatic rings. The first-order chi connectivity index (χ1) is 7.95. The third kappa shape index (κ3) is 4.08. The smallest absolute Gasteiger partial charge is 0.239 e. The molecule has 96 valence electrons. The van der Waals surface area contributed by atoms with Gasteiger partial charge < -0.3 is 10.6 Å². The Bertz CT molecular complexity index is 380. The summed E-state index contributed by atoms with van der Waals surface area (Å²) in [5.41, 5.74) is 5.93. The third-order valence-corrected chi connectivity index (χ3v) is 4.62. The molecule has 5 heteroatoms. The average molecular weight is 319 g/mol. The number of halogens is 1. The van der Waals surface area contributed by atoms with Crippen LogP contribution in [0.1, 0.15) is 25.1 Å². The predicted octanol–water partition coefficient (Wildman–Crippen LogP) is 2.84. The summed E-state index contributed by atoms with van der Waals surface area (Å²) in [6.07, 6.45) is 0.922. The van der Waals surface area contributed by atoms with Gasteiger partial charge in [-0.3, -0.25) is 4.79 Å². The lowest BCUT2D eigenvalue weighted by molar-refractivity contribution is -0.132. The van der Waals surface area contributed by atoms with Crippen molar-refractivity contribution in [1.29, 1.82) is 0 Å². The van der Waals surface area contributed by atoms with E-state index >= 15 is 0 Å². The van der Waals surface area contributed by atoms with Crippen LogP contribution in [-0.2, 0) is 11.3 Å². The Morgan fingerprint density at radius 3 is 2.76 bits per heavy atom. The van der Waals surface area contributed by atoms with Gasteiger partial charge in [-0.15, -0.1) is 11.3 Å². The number of hydrogen-bond acceptors (Lipinski definition) is 3. The van der Waals surface area contributed by atoms with Crippen LogP contribution in [0.3, 0.4) is 0 Å². The summed E-state index contributed by atoms with van der Waals surface area (Å²) in [7, 11) is 1.80. The van der Waals surface area contributed by atoms with Crippen molar-refractivity contribution >= 4 is 33.2 Å². The van der Waals surface area contributed by atoms with E-state index in [4.69, 9.17) is 5.73 Å². The number of amides is 1. The SMILES string of the molecule is CCC(C)[C@H](N)C(=O)N(C)Cc1cc(Br)cs1. The summed E-state index contributed by atoms with van der Waals surface area (Å²) in [5.74, 6) is 0.240. The van der Waals surface area contributed by atoms with Crippen molar-refractivity contribution in [2.24, 2.45) is 11.7 Å². The number of likely N-dealkylation sites (N-methyl/N-ethyl adjacent to an activating group) is 1. The molecule has 0 bridgehead atoms. The second kappa shape index (κ2) is 6.52. The second-order valence-electron chi connectivity index (χ2n) is 4.34. The number of nitrogens with two attached hydrogens (primary N) is 1. The van der Waals surface area contributed by atoms with Gasteiger partial charge >= 0.3 is 0 Å². The maximum atomic E-state index is 12.0. The molecule has 0 radical (unpaired) electrons. The van der Waals surface area contributed by atoms with Crippen LogP contribution in [0.25, 0.3) is 0 Å². The van der Waals surface area contributed by atoms with E-state index in [0.717, 1.165) is 15.8 Å². The van der Waals surface area contributed by atoms with Gasteiger partial charge in [0, 0.05) is 21.8 Å². The highest BCUT2D eigenvalue weighted by Gasteiger charge is 2.22. The molecule has 17 heavy (non-hydrogen) atoms. The molecule has 0 saturated heterocycles. The molecule has 2 N–H and O–H groups in total. The van der Waals surface area contributed by atoms with Crippen LogP contribution >= 0.6 is 27.3 Å². The molecule has 0 saturated carbocycles. The van der Waals surface area contributed by atoms with E-state index in [1.54, 1.807) is 23.3 Å². The van der Waals surface area contributed by atoms with Crippen molar-refractivity contribution in [3.05, 3.63) is 20.8 Å². The largest absolute Gasteiger partial charge is 0.339 e. The molecule has 1 amide bonds. The molecule has 0 spiro atoms. The summed E-state index contributed by atoms with van der Waals surface area (Å²) < 4.78 is 1.06. The molecule has 3 nitrogen and oxygen atoms in total. The molecule has 1 heterocycles. The van der Waals surface area contributed by atoms with Gasteiger partial charge in [0.1, 0.15) is 0 Å². The van der Waals surface area contributed by atoms with Gasteiger partial charge in [-0.25, -0.2) is 0 Å². The highest BCUT2D eigenvalue weighted by atomic mass is 79.9. The zero-order valence-electron chi connectivity index (χ0n) is 10.4. The quantitative estimate of drug-likeness (QED) is 0.907. The molecular weight excluding hydrogens is 300 g/mol. The molecule has 0 aromatic carbocycles. The number of nitrogens with zero attached hydrogens (tertiary/aromatic N) is 1. The normalized spacial score (nSPS) is 14.4. The number of carbonyl (C=O) groups excluding carboxylic acids is 1. The Hall–Kier alpha value is -0.390. The average Bonchev–Trinajstić information content (AvgIpc) is 2.71. The lowest BCUT2D eigenvalue weighted by atomic mass is 9.99. The molecule has 0 aliphatic heterocycles. The Morgan fingerprint density at radius 2 is 2.29 bits per heavy atom. The minimum absolute atomic E-state index is 0.0175. The Labute approximate surface area is 115 Å². The number of rotatable bonds is 5. The van der Waals surface area contributed by atoms with E-state index in [1.807, 2.05) is 25.3 Å². The van der Waals surface area contributed by atoms with Crippen LogP contribution < -0.4 is 5.73 Å². The molecule has 0 fully saturated rings. The fourth-order valence-corrected chi connectivity index (χ4v) is 3.00. The summed E-state index contributed by atoms with van der Waals surface area (Å²) in [5, 5.41) is 2.02. The summed E-state index contributed by atoms with van der Waals surface area (Å²) in [4.78, 5) is 14.9. The van der Waals surface area contributed by atoms with Gasteiger partial charge in [-0.1, -0.05) is 20.3 Å². The van der Waals surface area contributed by atoms with Crippen LogP contribution in [0.5, 0.6) is 0 Å². The van der Waals surface area contributed by atoms with Crippen LogP contribution in [0, 0.1) is 5.92 Å². The second-order valence-corrected chi connectivity index (χ2v) is 6.25. The van der Waals surface area contributed by atoms with Crippen molar-refractivity contribution in [3.63, 3.8) is 0 Å². The number of hydrogen-bond donors (Lipinski definition) is 1. The van der Waals surface area contributed by atoms with E-state index in [-0.39, 0.29) is 11.8 Å². The number of carbonyl (C=O) groups is 1. The molecule has 2 atom stereocenters. The zero-order chi connectivity index (χ0) is 13.0. The first-order valence-corrected chi connectivity index (χ1v) is 7.36. The molecule has 1 rings (SSSR count). The third-order valence-electron chi connectivity index (χ3n) is 2.93.